The molecule has 0 aliphatic heterocycles. The molecular formula is C13H16O5. The van der Waals surface area contributed by atoms with E-state index in [4.69, 9.17) is 14.9 Å². The first-order chi connectivity index (χ1) is 8.35. The summed E-state index contributed by atoms with van der Waals surface area (Å²) in [4.78, 5) is 22.4. The SMILES string of the molecule is CC(C)(CO)COC(=O)c1cccc(C(=O)O)c1. The molecule has 1 rings (SSSR count). The molecule has 0 heterocycles. The second-order valence-electron chi connectivity index (χ2n) is 4.78. The van der Waals surface area contributed by atoms with E-state index in [1.54, 1.807) is 13.8 Å². The number of esters is 1. The molecular weight excluding hydrogens is 236 g/mol. The molecule has 98 valence electrons. The summed E-state index contributed by atoms with van der Waals surface area (Å²) in [6.07, 6.45) is 0. The molecule has 2 N–H and O–H groups in total. The van der Waals surface area contributed by atoms with Crippen LogP contribution in [0, 0.1) is 5.41 Å². The van der Waals surface area contributed by atoms with Gasteiger partial charge in [0.25, 0.3) is 0 Å². The average Bonchev–Trinajstić information content (AvgIpc) is 2.36. The van der Waals surface area contributed by atoms with Crippen molar-refractivity contribution in [2.24, 2.45) is 5.41 Å². The molecule has 5 nitrogen and oxygen atoms in total. The van der Waals surface area contributed by atoms with Crippen LogP contribution in [0.1, 0.15) is 34.6 Å². The monoisotopic (exact) mass is 252 g/mol. The molecule has 0 unspecified atom stereocenters. The summed E-state index contributed by atoms with van der Waals surface area (Å²) in [5.41, 5.74) is -0.297. The number of aliphatic hydroxyl groups is 1. The van der Waals surface area contributed by atoms with Gasteiger partial charge < -0.3 is 14.9 Å². The topological polar surface area (TPSA) is 83.8 Å². The van der Waals surface area contributed by atoms with Crippen molar-refractivity contribution in [1.29, 1.82) is 0 Å². The summed E-state index contributed by atoms with van der Waals surface area (Å²) in [7, 11) is 0. The van der Waals surface area contributed by atoms with Crippen LogP contribution in [0.25, 0.3) is 0 Å². The van der Waals surface area contributed by atoms with E-state index in [1.807, 2.05) is 0 Å². The Kier molecular flexibility index (Phi) is 4.44. The number of carbonyl (C=O) groups is 2. The molecule has 0 aliphatic rings. The molecule has 1 aromatic carbocycles. The molecule has 18 heavy (non-hydrogen) atoms. The summed E-state index contributed by atoms with van der Waals surface area (Å²) in [6, 6.07) is 5.63. The fraction of sp³-hybridized carbons (Fsp3) is 0.385. The largest absolute Gasteiger partial charge is 0.478 e. The highest BCUT2D eigenvalue weighted by atomic mass is 16.5. The van der Waals surface area contributed by atoms with Crippen LogP contribution in [0.15, 0.2) is 24.3 Å². The van der Waals surface area contributed by atoms with E-state index in [0.29, 0.717) is 0 Å². The van der Waals surface area contributed by atoms with Crippen LogP contribution in [-0.2, 0) is 4.74 Å². The Hall–Kier alpha value is -1.88. The van der Waals surface area contributed by atoms with Gasteiger partial charge in [0, 0.05) is 5.41 Å². The van der Waals surface area contributed by atoms with Crippen molar-refractivity contribution in [3.8, 4) is 0 Å². The van der Waals surface area contributed by atoms with Gasteiger partial charge in [0.2, 0.25) is 0 Å². The highest BCUT2D eigenvalue weighted by molar-refractivity contribution is 5.94. The lowest BCUT2D eigenvalue weighted by molar-refractivity contribution is 0.0219. The highest BCUT2D eigenvalue weighted by Crippen LogP contribution is 2.15. The van der Waals surface area contributed by atoms with Gasteiger partial charge in [-0.3, -0.25) is 0 Å². The van der Waals surface area contributed by atoms with E-state index < -0.39 is 17.4 Å². The maximum atomic E-state index is 11.7. The van der Waals surface area contributed by atoms with Gasteiger partial charge in [0.15, 0.2) is 0 Å². The number of ether oxygens (including phenoxy) is 1. The van der Waals surface area contributed by atoms with Gasteiger partial charge in [-0.1, -0.05) is 19.9 Å². The van der Waals surface area contributed by atoms with Gasteiger partial charge >= 0.3 is 11.9 Å². The highest BCUT2D eigenvalue weighted by Gasteiger charge is 2.20. The lowest BCUT2D eigenvalue weighted by Crippen LogP contribution is -2.25. The maximum absolute atomic E-state index is 11.7. The third kappa shape index (κ3) is 3.85. The molecule has 0 atom stereocenters. The fourth-order valence-corrected chi connectivity index (χ4v) is 1.17. The van der Waals surface area contributed by atoms with Crippen LogP contribution in [0.2, 0.25) is 0 Å². The second kappa shape index (κ2) is 5.64. The third-order valence-corrected chi connectivity index (χ3v) is 2.37. The average molecular weight is 252 g/mol. The number of hydrogen-bond acceptors (Lipinski definition) is 4. The minimum Gasteiger partial charge on any atom is -0.478 e. The van der Waals surface area contributed by atoms with Crippen molar-refractivity contribution in [3.05, 3.63) is 35.4 Å². The van der Waals surface area contributed by atoms with Crippen LogP contribution in [0.5, 0.6) is 0 Å². The van der Waals surface area contributed by atoms with E-state index in [-0.39, 0.29) is 24.3 Å². The zero-order chi connectivity index (χ0) is 13.8. The number of carbonyl (C=O) groups excluding carboxylic acids is 1. The number of carboxylic acids is 1. The van der Waals surface area contributed by atoms with Crippen LogP contribution in [-0.4, -0.2) is 35.4 Å². The number of rotatable bonds is 5. The summed E-state index contributed by atoms with van der Waals surface area (Å²) in [5, 5.41) is 17.8. The fourth-order valence-electron chi connectivity index (χ4n) is 1.17. The Morgan fingerprint density at radius 3 is 2.44 bits per heavy atom. The Morgan fingerprint density at radius 1 is 1.28 bits per heavy atom. The molecule has 5 heteroatoms. The lowest BCUT2D eigenvalue weighted by Gasteiger charge is -2.20. The van der Waals surface area contributed by atoms with Gasteiger partial charge in [-0.15, -0.1) is 0 Å². The second-order valence-corrected chi connectivity index (χ2v) is 4.78. The third-order valence-electron chi connectivity index (χ3n) is 2.37. The molecule has 0 aromatic heterocycles. The molecule has 0 saturated carbocycles. The summed E-state index contributed by atoms with van der Waals surface area (Å²) in [6.45, 7) is 3.48. The Morgan fingerprint density at radius 2 is 1.89 bits per heavy atom. The van der Waals surface area contributed by atoms with Crippen LogP contribution < -0.4 is 0 Å². The van der Waals surface area contributed by atoms with Crippen LogP contribution in [0.3, 0.4) is 0 Å². The molecule has 0 aliphatic carbocycles. The molecule has 0 bridgehead atoms. The number of aliphatic hydroxyl groups excluding tert-OH is 1. The minimum absolute atomic E-state index is 0.0332. The standard InChI is InChI=1S/C13H16O5/c1-13(2,7-14)8-18-12(17)10-5-3-4-9(6-10)11(15)16/h3-6,14H,7-8H2,1-2H3,(H,15,16). The number of aromatic carboxylic acids is 1. The first kappa shape index (κ1) is 14.2. The van der Waals surface area contributed by atoms with Crippen molar-refractivity contribution >= 4 is 11.9 Å². The van der Waals surface area contributed by atoms with Gasteiger partial charge in [-0.05, 0) is 18.2 Å². The summed E-state index contributed by atoms with van der Waals surface area (Å²) in [5.74, 6) is -1.69. The zero-order valence-corrected chi connectivity index (χ0v) is 10.3. The maximum Gasteiger partial charge on any atom is 0.338 e. The Labute approximate surface area is 105 Å². The molecule has 0 fully saturated rings. The molecule has 0 spiro atoms. The van der Waals surface area contributed by atoms with Crippen molar-refractivity contribution in [1.82, 2.24) is 0 Å². The predicted octanol–water partition coefficient (Wildman–Crippen LogP) is 1.56. The van der Waals surface area contributed by atoms with Gasteiger partial charge in [-0.2, -0.15) is 0 Å². The predicted molar refractivity (Wildman–Crippen MR) is 64.6 cm³/mol. The summed E-state index contributed by atoms with van der Waals surface area (Å²) >= 11 is 0. The van der Waals surface area contributed by atoms with Crippen molar-refractivity contribution in [3.63, 3.8) is 0 Å². The zero-order valence-electron chi connectivity index (χ0n) is 10.3. The smallest absolute Gasteiger partial charge is 0.338 e. The van der Waals surface area contributed by atoms with Crippen LogP contribution >= 0.6 is 0 Å². The number of hydrogen-bond donors (Lipinski definition) is 2. The molecule has 0 saturated heterocycles. The quantitative estimate of drug-likeness (QED) is 0.777. The Bertz CT molecular complexity index is 450. The molecule has 1 aromatic rings. The van der Waals surface area contributed by atoms with Crippen LogP contribution in [0.4, 0.5) is 0 Å². The number of carboxylic acid groups (broad SMARTS) is 1. The van der Waals surface area contributed by atoms with E-state index >= 15 is 0 Å². The van der Waals surface area contributed by atoms with E-state index in [1.165, 1.54) is 24.3 Å². The number of benzene rings is 1. The first-order valence-electron chi connectivity index (χ1n) is 5.47. The molecule has 0 amide bonds. The van der Waals surface area contributed by atoms with Crippen molar-refractivity contribution in [2.45, 2.75) is 13.8 Å². The first-order valence-corrected chi connectivity index (χ1v) is 5.47. The molecule has 0 radical (unpaired) electrons. The van der Waals surface area contributed by atoms with Crippen molar-refractivity contribution < 1.29 is 24.5 Å². The van der Waals surface area contributed by atoms with Crippen molar-refractivity contribution in [2.75, 3.05) is 13.2 Å². The van der Waals surface area contributed by atoms with E-state index in [0.717, 1.165) is 0 Å². The lowest BCUT2D eigenvalue weighted by atomic mass is 9.96. The van der Waals surface area contributed by atoms with Gasteiger partial charge in [-0.25, -0.2) is 9.59 Å². The van der Waals surface area contributed by atoms with E-state index in [9.17, 15) is 9.59 Å². The van der Waals surface area contributed by atoms with E-state index in [2.05, 4.69) is 0 Å². The normalized spacial score (nSPS) is 11.1. The van der Waals surface area contributed by atoms with Gasteiger partial charge in [0.05, 0.1) is 24.3 Å². The minimum atomic E-state index is -1.10. The van der Waals surface area contributed by atoms with Gasteiger partial charge in [0.1, 0.15) is 0 Å². The Balaban J connectivity index is 2.73. The summed E-state index contributed by atoms with van der Waals surface area (Å²) < 4.78 is 5.03.